The van der Waals surface area contributed by atoms with E-state index in [1.54, 1.807) is 6.26 Å². The SMILES string of the molecule is CC(C)C(=O)N(CCCNC(=O)OC(C)(C)C)Cc1ccc2occc2c1. The average Bonchev–Trinajstić information content (AvgIpc) is 3.02. The zero-order chi connectivity index (χ0) is 20.0. The molecule has 1 aromatic carbocycles. The number of nitrogens with one attached hydrogen (secondary N) is 1. The minimum atomic E-state index is -0.518. The fourth-order valence-electron chi connectivity index (χ4n) is 2.74. The maximum atomic E-state index is 12.6. The number of hydrogen-bond acceptors (Lipinski definition) is 4. The first-order chi connectivity index (χ1) is 12.7. The molecule has 0 aliphatic rings. The molecule has 2 amide bonds. The van der Waals surface area contributed by atoms with Crippen LogP contribution >= 0.6 is 0 Å². The normalized spacial score (nSPS) is 11.6. The average molecular weight is 374 g/mol. The monoisotopic (exact) mass is 374 g/mol. The van der Waals surface area contributed by atoms with Gasteiger partial charge >= 0.3 is 6.09 Å². The van der Waals surface area contributed by atoms with Crippen LogP contribution in [0.4, 0.5) is 4.79 Å². The van der Waals surface area contributed by atoms with E-state index in [1.165, 1.54) is 0 Å². The Labute approximate surface area is 160 Å². The molecule has 148 valence electrons. The van der Waals surface area contributed by atoms with E-state index in [-0.39, 0.29) is 11.8 Å². The second kappa shape index (κ2) is 8.93. The van der Waals surface area contributed by atoms with Crippen LogP contribution in [-0.2, 0) is 16.1 Å². The summed E-state index contributed by atoms with van der Waals surface area (Å²) in [5.74, 6) is 0.0148. The van der Waals surface area contributed by atoms with Gasteiger partial charge in [0, 0.05) is 30.9 Å². The van der Waals surface area contributed by atoms with E-state index < -0.39 is 11.7 Å². The standard InChI is InChI=1S/C21H30N2O4/c1-15(2)19(24)23(11-6-10-22-20(25)27-21(3,4)5)14-16-7-8-18-17(13-16)9-12-26-18/h7-9,12-13,15H,6,10-11,14H2,1-5H3,(H,22,25). The van der Waals surface area contributed by atoms with Crippen molar-refractivity contribution >= 4 is 23.0 Å². The van der Waals surface area contributed by atoms with Crippen molar-refractivity contribution in [3.8, 4) is 0 Å². The Morgan fingerprint density at radius 1 is 1.22 bits per heavy atom. The minimum absolute atomic E-state index is 0.0820. The zero-order valence-corrected chi connectivity index (χ0v) is 16.9. The van der Waals surface area contributed by atoms with Crippen molar-refractivity contribution in [1.82, 2.24) is 10.2 Å². The molecule has 1 heterocycles. The van der Waals surface area contributed by atoms with Crippen LogP contribution in [0.1, 0.15) is 46.6 Å². The quantitative estimate of drug-likeness (QED) is 0.732. The summed E-state index contributed by atoms with van der Waals surface area (Å²) in [4.78, 5) is 26.1. The van der Waals surface area contributed by atoms with Crippen LogP contribution in [0.2, 0.25) is 0 Å². The van der Waals surface area contributed by atoms with Crippen LogP contribution in [0.5, 0.6) is 0 Å². The van der Waals surface area contributed by atoms with E-state index in [2.05, 4.69) is 5.32 Å². The molecular formula is C21H30N2O4. The summed E-state index contributed by atoms with van der Waals surface area (Å²) >= 11 is 0. The van der Waals surface area contributed by atoms with Gasteiger partial charge in [-0.15, -0.1) is 0 Å². The van der Waals surface area contributed by atoms with E-state index in [0.717, 1.165) is 16.5 Å². The molecule has 1 N–H and O–H groups in total. The van der Waals surface area contributed by atoms with E-state index in [9.17, 15) is 9.59 Å². The highest BCUT2D eigenvalue weighted by Crippen LogP contribution is 2.19. The lowest BCUT2D eigenvalue weighted by Crippen LogP contribution is -2.37. The summed E-state index contributed by atoms with van der Waals surface area (Å²) in [7, 11) is 0. The molecule has 2 aromatic rings. The molecule has 6 heteroatoms. The number of furan rings is 1. The largest absolute Gasteiger partial charge is 0.464 e. The molecule has 0 spiro atoms. The van der Waals surface area contributed by atoms with Crippen LogP contribution in [0.3, 0.4) is 0 Å². The van der Waals surface area contributed by atoms with Crippen LogP contribution in [0.15, 0.2) is 34.9 Å². The second-order valence-electron chi connectivity index (χ2n) is 7.99. The molecule has 0 fully saturated rings. The van der Waals surface area contributed by atoms with Gasteiger partial charge in [0.2, 0.25) is 5.91 Å². The molecule has 0 aliphatic heterocycles. The van der Waals surface area contributed by atoms with Crippen LogP contribution in [0, 0.1) is 5.92 Å². The first-order valence-electron chi connectivity index (χ1n) is 9.37. The van der Waals surface area contributed by atoms with Crippen molar-refractivity contribution in [3.05, 3.63) is 36.1 Å². The van der Waals surface area contributed by atoms with E-state index in [0.29, 0.717) is 26.1 Å². The van der Waals surface area contributed by atoms with E-state index in [4.69, 9.17) is 9.15 Å². The first-order valence-corrected chi connectivity index (χ1v) is 9.37. The Balaban J connectivity index is 1.92. The molecule has 27 heavy (non-hydrogen) atoms. The smallest absolute Gasteiger partial charge is 0.407 e. The molecular weight excluding hydrogens is 344 g/mol. The summed E-state index contributed by atoms with van der Waals surface area (Å²) in [5.41, 5.74) is 1.37. The highest BCUT2D eigenvalue weighted by molar-refractivity contribution is 5.79. The fraction of sp³-hybridized carbons (Fsp3) is 0.524. The summed E-state index contributed by atoms with van der Waals surface area (Å²) in [6.07, 6.45) is 1.88. The van der Waals surface area contributed by atoms with Gasteiger partial charge in [0.05, 0.1) is 6.26 Å². The number of ether oxygens (including phenoxy) is 1. The lowest BCUT2D eigenvalue weighted by Gasteiger charge is -2.25. The van der Waals surface area contributed by atoms with Gasteiger partial charge in [0.1, 0.15) is 11.2 Å². The van der Waals surface area contributed by atoms with Gasteiger partial charge in [-0.05, 0) is 51.0 Å². The molecule has 0 unspecified atom stereocenters. The molecule has 0 radical (unpaired) electrons. The predicted molar refractivity (Wildman–Crippen MR) is 105 cm³/mol. The third kappa shape index (κ3) is 6.62. The van der Waals surface area contributed by atoms with Gasteiger partial charge in [0.25, 0.3) is 0 Å². The van der Waals surface area contributed by atoms with Crippen molar-refractivity contribution in [3.63, 3.8) is 0 Å². The van der Waals surface area contributed by atoms with Crippen LogP contribution < -0.4 is 5.32 Å². The minimum Gasteiger partial charge on any atom is -0.464 e. The Hall–Kier alpha value is -2.50. The number of benzene rings is 1. The van der Waals surface area contributed by atoms with Crippen molar-refractivity contribution in [2.75, 3.05) is 13.1 Å². The van der Waals surface area contributed by atoms with Crippen molar-refractivity contribution < 1.29 is 18.7 Å². The molecule has 0 saturated carbocycles. The molecule has 1 aromatic heterocycles. The first kappa shape index (κ1) is 20.8. The molecule has 0 atom stereocenters. The summed E-state index contributed by atoms with van der Waals surface area (Å²) in [6.45, 7) is 10.8. The number of nitrogens with zero attached hydrogens (tertiary/aromatic N) is 1. The summed E-state index contributed by atoms with van der Waals surface area (Å²) < 4.78 is 10.6. The third-order valence-corrected chi connectivity index (χ3v) is 3.97. The third-order valence-electron chi connectivity index (χ3n) is 3.97. The lowest BCUT2D eigenvalue weighted by atomic mass is 10.1. The maximum Gasteiger partial charge on any atom is 0.407 e. The predicted octanol–water partition coefficient (Wildman–Crippen LogP) is 4.33. The molecule has 2 rings (SSSR count). The lowest BCUT2D eigenvalue weighted by molar-refractivity contribution is -0.135. The van der Waals surface area contributed by atoms with Crippen LogP contribution in [-0.4, -0.2) is 35.6 Å². The summed E-state index contributed by atoms with van der Waals surface area (Å²) in [5, 5.41) is 3.76. The Morgan fingerprint density at radius 2 is 1.96 bits per heavy atom. The van der Waals surface area contributed by atoms with Crippen LogP contribution in [0.25, 0.3) is 11.0 Å². The molecule has 6 nitrogen and oxygen atoms in total. The van der Waals surface area contributed by atoms with Gasteiger partial charge in [0.15, 0.2) is 0 Å². The van der Waals surface area contributed by atoms with Gasteiger partial charge in [-0.25, -0.2) is 4.79 Å². The van der Waals surface area contributed by atoms with Crippen molar-refractivity contribution in [2.24, 2.45) is 5.92 Å². The highest BCUT2D eigenvalue weighted by atomic mass is 16.6. The summed E-state index contributed by atoms with van der Waals surface area (Å²) in [6, 6.07) is 7.86. The number of carbonyl (C=O) groups excluding carboxylic acids is 2. The fourth-order valence-corrected chi connectivity index (χ4v) is 2.74. The highest BCUT2D eigenvalue weighted by Gasteiger charge is 2.18. The van der Waals surface area contributed by atoms with E-state index >= 15 is 0 Å². The van der Waals surface area contributed by atoms with Gasteiger partial charge < -0.3 is 19.4 Å². The molecule has 0 bridgehead atoms. The number of rotatable bonds is 7. The number of alkyl carbamates (subject to hydrolysis) is 1. The Kier molecular flexibility index (Phi) is 6.88. The number of fused-ring (bicyclic) bond motifs is 1. The van der Waals surface area contributed by atoms with Gasteiger partial charge in [-0.1, -0.05) is 19.9 Å². The molecule has 0 saturated heterocycles. The maximum absolute atomic E-state index is 12.6. The second-order valence-corrected chi connectivity index (χ2v) is 7.99. The topological polar surface area (TPSA) is 71.8 Å². The Bertz CT molecular complexity index is 774. The van der Waals surface area contributed by atoms with Crippen molar-refractivity contribution in [1.29, 1.82) is 0 Å². The molecule has 0 aliphatic carbocycles. The van der Waals surface area contributed by atoms with Gasteiger partial charge in [-0.3, -0.25) is 4.79 Å². The van der Waals surface area contributed by atoms with Gasteiger partial charge in [-0.2, -0.15) is 0 Å². The van der Waals surface area contributed by atoms with E-state index in [1.807, 2.05) is 63.8 Å². The van der Waals surface area contributed by atoms with Crippen molar-refractivity contribution in [2.45, 2.75) is 53.2 Å². The zero-order valence-electron chi connectivity index (χ0n) is 16.9. The Morgan fingerprint density at radius 3 is 2.63 bits per heavy atom. The number of hydrogen-bond donors (Lipinski definition) is 1. The number of amides is 2. The number of carbonyl (C=O) groups is 2.